The highest BCUT2D eigenvalue weighted by atomic mass is 16.5. The maximum absolute atomic E-state index is 12.1. The molecule has 0 spiro atoms. The molecule has 0 aliphatic carbocycles. The van der Waals surface area contributed by atoms with E-state index < -0.39 is 6.04 Å². The van der Waals surface area contributed by atoms with Crippen molar-refractivity contribution in [2.45, 2.75) is 32.7 Å². The molecule has 0 aromatic heterocycles. The first-order valence-corrected chi connectivity index (χ1v) is 6.45. The summed E-state index contributed by atoms with van der Waals surface area (Å²) in [6.07, 6.45) is 0. The van der Waals surface area contributed by atoms with Crippen LogP contribution < -0.4 is 4.90 Å². The molecule has 2 rings (SSSR count). The molecular weight excluding hydrogens is 240 g/mol. The summed E-state index contributed by atoms with van der Waals surface area (Å²) in [6.45, 7) is 6.46. The number of para-hydroxylation sites is 1. The van der Waals surface area contributed by atoms with Gasteiger partial charge in [0.15, 0.2) is 0 Å². The molecule has 1 unspecified atom stereocenters. The number of hydrogen-bond acceptors (Lipinski definition) is 3. The maximum atomic E-state index is 12.1. The van der Waals surface area contributed by atoms with Crippen LogP contribution in [-0.4, -0.2) is 25.2 Å². The van der Waals surface area contributed by atoms with Crippen LogP contribution in [0.25, 0.3) is 0 Å². The van der Waals surface area contributed by atoms with E-state index in [1.54, 1.807) is 4.90 Å². The van der Waals surface area contributed by atoms with Gasteiger partial charge in [0.2, 0.25) is 0 Å². The number of hydrogen-bond donors (Lipinski definition) is 0. The normalized spacial score (nSPS) is 19.6. The zero-order valence-electron chi connectivity index (χ0n) is 11.5. The lowest BCUT2D eigenvalue weighted by Crippen LogP contribution is -2.49. The van der Waals surface area contributed by atoms with Gasteiger partial charge in [-0.1, -0.05) is 32.0 Å². The zero-order valence-corrected chi connectivity index (χ0v) is 11.5. The first-order valence-electron chi connectivity index (χ1n) is 6.45. The van der Waals surface area contributed by atoms with E-state index in [1.807, 2.05) is 25.1 Å². The molecule has 1 aromatic carbocycles. The largest absolute Gasteiger partial charge is 0.368 e. The molecule has 1 heterocycles. The molecule has 1 aromatic rings. The van der Waals surface area contributed by atoms with E-state index in [-0.39, 0.29) is 19.1 Å². The van der Waals surface area contributed by atoms with Gasteiger partial charge in [0.05, 0.1) is 18.4 Å². The van der Waals surface area contributed by atoms with Crippen LogP contribution in [0.5, 0.6) is 0 Å². The second kappa shape index (κ2) is 5.41. The van der Waals surface area contributed by atoms with Crippen LogP contribution in [0.4, 0.5) is 5.69 Å². The van der Waals surface area contributed by atoms with Gasteiger partial charge in [-0.25, -0.2) is 0 Å². The van der Waals surface area contributed by atoms with Crippen molar-refractivity contribution in [1.29, 1.82) is 5.26 Å². The summed E-state index contributed by atoms with van der Waals surface area (Å²) in [6, 6.07) is 7.59. The molecule has 1 atom stereocenters. The lowest BCUT2D eigenvalue weighted by Gasteiger charge is -2.34. The van der Waals surface area contributed by atoms with E-state index in [0.717, 1.165) is 16.8 Å². The van der Waals surface area contributed by atoms with Crippen LogP contribution in [0, 0.1) is 18.3 Å². The lowest BCUT2D eigenvalue weighted by atomic mass is 9.96. The molecule has 1 aliphatic rings. The standard InChI is InChI=1S/C15H18N2O2/c1-10(2)13-6-4-5-11(3)15(13)17-12(7-16)8-19-9-14(17)18/h4-6,10,12H,8-9H2,1-3H3. The Labute approximate surface area is 113 Å². The average molecular weight is 258 g/mol. The van der Waals surface area contributed by atoms with Crippen molar-refractivity contribution in [2.75, 3.05) is 18.1 Å². The molecular formula is C15H18N2O2. The van der Waals surface area contributed by atoms with E-state index >= 15 is 0 Å². The SMILES string of the molecule is Cc1cccc(C(C)C)c1N1C(=O)COCC1C#N. The topological polar surface area (TPSA) is 53.3 Å². The number of rotatable bonds is 2. The molecule has 1 aliphatic heterocycles. The van der Waals surface area contributed by atoms with Gasteiger partial charge in [0.25, 0.3) is 5.91 Å². The van der Waals surface area contributed by atoms with E-state index in [0.29, 0.717) is 5.92 Å². The van der Waals surface area contributed by atoms with E-state index in [2.05, 4.69) is 19.9 Å². The van der Waals surface area contributed by atoms with Gasteiger partial charge < -0.3 is 4.74 Å². The fourth-order valence-corrected chi connectivity index (χ4v) is 2.43. The van der Waals surface area contributed by atoms with Gasteiger partial charge in [-0.3, -0.25) is 9.69 Å². The first-order chi connectivity index (χ1) is 9.06. The Morgan fingerprint density at radius 1 is 1.47 bits per heavy atom. The molecule has 4 heteroatoms. The monoisotopic (exact) mass is 258 g/mol. The number of ether oxygens (including phenoxy) is 1. The smallest absolute Gasteiger partial charge is 0.254 e. The van der Waals surface area contributed by atoms with Crippen molar-refractivity contribution in [3.8, 4) is 6.07 Å². The number of benzene rings is 1. The summed E-state index contributed by atoms with van der Waals surface area (Å²) in [5.74, 6) is 0.152. The lowest BCUT2D eigenvalue weighted by molar-refractivity contribution is -0.126. The van der Waals surface area contributed by atoms with Crippen molar-refractivity contribution >= 4 is 11.6 Å². The molecule has 1 saturated heterocycles. The van der Waals surface area contributed by atoms with Crippen molar-refractivity contribution in [1.82, 2.24) is 0 Å². The van der Waals surface area contributed by atoms with Crippen molar-refractivity contribution < 1.29 is 9.53 Å². The summed E-state index contributed by atoms with van der Waals surface area (Å²) in [5, 5.41) is 9.24. The summed E-state index contributed by atoms with van der Waals surface area (Å²) < 4.78 is 5.16. The molecule has 0 N–H and O–H groups in total. The van der Waals surface area contributed by atoms with Gasteiger partial charge in [0.1, 0.15) is 12.6 Å². The highest BCUT2D eigenvalue weighted by Crippen LogP contribution is 2.33. The van der Waals surface area contributed by atoms with Crippen LogP contribution in [0.1, 0.15) is 30.9 Å². The number of carbonyl (C=O) groups excluding carboxylic acids is 1. The summed E-state index contributed by atoms with van der Waals surface area (Å²) in [4.78, 5) is 13.7. The van der Waals surface area contributed by atoms with Crippen LogP contribution in [-0.2, 0) is 9.53 Å². The fraction of sp³-hybridized carbons (Fsp3) is 0.467. The summed E-state index contributed by atoms with van der Waals surface area (Å²) in [5.41, 5.74) is 2.98. The van der Waals surface area contributed by atoms with Crippen molar-refractivity contribution in [3.63, 3.8) is 0 Å². The number of anilines is 1. The molecule has 0 bridgehead atoms. The number of nitriles is 1. The maximum Gasteiger partial charge on any atom is 0.254 e. The Morgan fingerprint density at radius 3 is 2.84 bits per heavy atom. The highest BCUT2D eigenvalue weighted by Gasteiger charge is 2.32. The number of amides is 1. The van der Waals surface area contributed by atoms with Crippen molar-refractivity contribution in [2.24, 2.45) is 0 Å². The van der Waals surface area contributed by atoms with Gasteiger partial charge in [0, 0.05) is 0 Å². The summed E-state index contributed by atoms with van der Waals surface area (Å²) >= 11 is 0. The molecule has 19 heavy (non-hydrogen) atoms. The predicted octanol–water partition coefficient (Wildman–Crippen LogP) is 2.37. The average Bonchev–Trinajstić information content (AvgIpc) is 2.38. The first kappa shape index (κ1) is 13.6. The Bertz CT molecular complexity index is 531. The van der Waals surface area contributed by atoms with Crippen molar-refractivity contribution in [3.05, 3.63) is 29.3 Å². The molecule has 1 fully saturated rings. The van der Waals surface area contributed by atoms with E-state index in [9.17, 15) is 10.1 Å². The van der Waals surface area contributed by atoms with E-state index in [1.165, 1.54) is 0 Å². The highest BCUT2D eigenvalue weighted by molar-refractivity contribution is 5.97. The summed E-state index contributed by atoms with van der Waals surface area (Å²) in [7, 11) is 0. The Hall–Kier alpha value is -1.86. The Kier molecular flexibility index (Phi) is 3.87. The predicted molar refractivity (Wildman–Crippen MR) is 73.0 cm³/mol. The third-order valence-corrected chi connectivity index (χ3v) is 3.36. The van der Waals surface area contributed by atoms with Crippen LogP contribution in [0.3, 0.4) is 0 Å². The minimum atomic E-state index is -0.542. The molecule has 0 saturated carbocycles. The number of nitrogens with zero attached hydrogens (tertiary/aromatic N) is 2. The van der Waals surface area contributed by atoms with Gasteiger partial charge in [-0.2, -0.15) is 5.26 Å². The Morgan fingerprint density at radius 2 is 2.21 bits per heavy atom. The van der Waals surface area contributed by atoms with Crippen LogP contribution in [0.15, 0.2) is 18.2 Å². The number of morpholine rings is 1. The van der Waals surface area contributed by atoms with Gasteiger partial charge >= 0.3 is 0 Å². The van der Waals surface area contributed by atoms with E-state index in [4.69, 9.17) is 4.74 Å². The van der Waals surface area contributed by atoms with Crippen LogP contribution >= 0.6 is 0 Å². The fourth-order valence-electron chi connectivity index (χ4n) is 2.43. The second-order valence-corrected chi connectivity index (χ2v) is 5.09. The molecule has 1 amide bonds. The third-order valence-electron chi connectivity index (χ3n) is 3.36. The van der Waals surface area contributed by atoms with Gasteiger partial charge in [-0.15, -0.1) is 0 Å². The second-order valence-electron chi connectivity index (χ2n) is 5.09. The zero-order chi connectivity index (χ0) is 14.0. The number of aryl methyl sites for hydroxylation is 1. The molecule has 4 nitrogen and oxygen atoms in total. The van der Waals surface area contributed by atoms with Crippen LogP contribution in [0.2, 0.25) is 0 Å². The molecule has 0 radical (unpaired) electrons. The minimum absolute atomic E-state index is 0.0457. The molecule has 100 valence electrons. The Balaban J connectivity index is 2.56. The third kappa shape index (κ3) is 2.47. The quantitative estimate of drug-likeness (QED) is 0.818. The number of carbonyl (C=O) groups is 1. The van der Waals surface area contributed by atoms with Gasteiger partial charge in [-0.05, 0) is 24.0 Å². The minimum Gasteiger partial charge on any atom is -0.368 e.